The summed E-state index contributed by atoms with van der Waals surface area (Å²) in [5.74, 6) is 0. The van der Waals surface area contributed by atoms with Gasteiger partial charge in [-0.3, -0.25) is 0 Å². The fourth-order valence-corrected chi connectivity index (χ4v) is 1.98. The van der Waals surface area contributed by atoms with E-state index in [4.69, 9.17) is 9.47 Å². The molecule has 0 spiro atoms. The third-order valence-corrected chi connectivity index (χ3v) is 3.22. The molecule has 0 unspecified atom stereocenters. The van der Waals surface area contributed by atoms with Crippen LogP contribution in [0.5, 0.6) is 0 Å². The molecule has 0 fully saturated rings. The van der Waals surface area contributed by atoms with Crippen LogP contribution < -0.4 is 0 Å². The monoisotopic (exact) mass is 244 g/mol. The van der Waals surface area contributed by atoms with E-state index in [9.17, 15) is 0 Å². The van der Waals surface area contributed by atoms with E-state index >= 15 is 0 Å². The average molecular weight is 244 g/mol. The summed E-state index contributed by atoms with van der Waals surface area (Å²) in [6.45, 7) is 7.11. The maximum Gasteiger partial charge on any atom is 0.0873 e. The van der Waals surface area contributed by atoms with Crippen LogP contribution in [-0.4, -0.2) is 18.8 Å². The Morgan fingerprint density at radius 2 is 2.22 bits per heavy atom. The van der Waals surface area contributed by atoms with Crippen LogP contribution in [0.2, 0.25) is 0 Å². The minimum atomic E-state index is 0.104. The second-order valence-corrected chi connectivity index (χ2v) is 4.57. The van der Waals surface area contributed by atoms with Crippen LogP contribution in [0.4, 0.5) is 0 Å². The van der Waals surface area contributed by atoms with Crippen molar-refractivity contribution in [2.75, 3.05) is 6.61 Å². The molecular formula is C16H20O2. The van der Waals surface area contributed by atoms with Gasteiger partial charge < -0.3 is 9.47 Å². The molecule has 2 nitrogen and oxygen atoms in total. The second-order valence-electron chi connectivity index (χ2n) is 4.57. The van der Waals surface area contributed by atoms with E-state index in [0.29, 0.717) is 13.2 Å². The van der Waals surface area contributed by atoms with Gasteiger partial charge in [-0.2, -0.15) is 0 Å². The van der Waals surface area contributed by atoms with Gasteiger partial charge in [0.05, 0.1) is 25.4 Å². The van der Waals surface area contributed by atoms with E-state index < -0.39 is 0 Å². The van der Waals surface area contributed by atoms with E-state index in [1.165, 1.54) is 11.1 Å². The van der Waals surface area contributed by atoms with Crippen molar-refractivity contribution in [1.82, 2.24) is 0 Å². The van der Waals surface area contributed by atoms with Crippen LogP contribution in [0.15, 0.2) is 54.6 Å². The SMILES string of the molecule is C=CC1=CC[C@@H]([C@H](C)OCc2ccccc2)OC1. The van der Waals surface area contributed by atoms with Crippen LogP contribution in [-0.2, 0) is 16.1 Å². The summed E-state index contributed by atoms with van der Waals surface area (Å²) >= 11 is 0. The molecule has 2 heteroatoms. The minimum absolute atomic E-state index is 0.104. The van der Waals surface area contributed by atoms with Crippen LogP contribution in [0.25, 0.3) is 0 Å². The lowest BCUT2D eigenvalue weighted by Gasteiger charge is -2.27. The van der Waals surface area contributed by atoms with Crippen molar-refractivity contribution >= 4 is 0 Å². The average Bonchev–Trinajstić information content (AvgIpc) is 2.46. The quantitative estimate of drug-likeness (QED) is 0.789. The fraction of sp³-hybridized carbons (Fsp3) is 0.375. The van der Waals surface area contributed by atoms with E-state index in [1.54, 1.807) is 0 Å². The van der Waals surface area contributed by atoms with E-state index in [2.05, 4.69) is 31.7 Å². The van der Waals surface area contributed by atoms with Gasteiger partial charge in [-0.25, -0.2) is 0 Å². The van der Waals surface area contributed by atoms with Crippen molar-refractivity contribution in [2.24, 2.45) is 0 Å². The summed E-state index contributed by atoms with van der Waals surface area (Å²) in [7, 11) is 0. The molecule has 0 N–H and O–H groups in total. The topological polar surface area (TPSA) is 18.5 Å². The number of rotatable bonds is 5. The van der Waals surface area contributed by atoms with E-state index in [-0.39, 0.29) is 12.2 Å². The summed E-state index contributed by atoms with van der Waals surface area (Å²) in [5.41, 5.74) is 2.36. The Morgan fingerprint density at radius 3 is 2.83 bits per heavy atom. The standard InChI is InChI=1S/C16H20O2/c1-3-14-9-10-16(18-11-14)13(2)17-12-15-7-5-4-6-8-15/h3-9,13,16H,1,10-12H2,2H3/t13-,16-/m0/s1. The molecule has 0 saturated heterocycles. The maximum atomic E-state index is 5.86. The van der Waals surface area contributed by atoms with Gasteiger partial charge in [-0.1, -0.05) is 49.1 Å². The van der Waals surface area contributed by atoms with Gasteiger partial charge in [0.25, 0.3) is 0 Å². The van der Waals surface area contributed by atoms with Gasteiger partial charge in [-0.15, -0.1) is 0 Å². The van der Waals surface area contributed by atoms with Crippen molar-refractivity contribution in [3.8, 4) is 0 Å². The molecule has 1 aliphatic heterocycles. The van der Waals surface area contributed by atoms with Gasteiger partial charge in [0.2, 0.25) is 0 Å². The Labute approximate surface area is 109 Å². The Bertz CT molecular complexity index is 408. The molecule has 0 aromatic heterocycles. The second kappa shape index (κ2) is 6.53. The third-order valence-electron chi connectivity index (χ3n) is 3.22. The summed E-state index contributed by atoms with van der Waals surface area (Å²) in [6, 6.07) is 10.2. The molecule has 0 amide bonds. The first-order valence-corrected chi connectivity index (χ1v) is 6.38. The normalized spacial score (nSPS) is 21.2. The van der Waals surface area contributed by atoms with E-state index in [0.717, 1.165) is 6.42 Å². The summed E-state index contributed by atoms with van der Waals surface area (Å²) in [6.07, 6.45) is 5.19. The minimum Gasteiger partial charge on any atom is -0.371 e. The van der Waals surface area contributed by atoms with Gasteiger partial charge >= 0.3 is 0 Å². The first kappa shape index (κ1) is 13.1. The number of benzene rings is 1. The zero-order valence-electron chi connectivity index (χ0n) is 10.8. The molecule has 0 aliphatic carbocycles. The Kier molecular flexibility index (Phi) is 4.73. The zero-order chi connectivity index (χ0) is 12.8. The van der Waals surface area contributed by atoms with Crippen molar-refractivity contribution in [3.05, 3.63) is 60.2 Å². The smallest absolute Gasteiger partial charge is 0.0873 e. The Balaban J connectivity index is 1.80. The molecule has 0 radical (unpaired) electrons. The number of ether oxygens (including phenoxy) is 2. The summed E-state index contributed by atoms with van der Waals surface area (Å²) in [5, 5.41) is 0. The first-order valence-electron chi connectivity index (χ1n) is 6.38. The Hall–Kier alpha value is -1.38. The Morgan fingerprint density at radius 1 is 1.44 bits per heavy atom. The van der Waals surface area contributed by atoms with Gasteiger partial charge in [0, 0.05) is 0 Å². The molecule has 2 atom stereocenters. The molecule has 96 valence electrons. The number of hydrogen-bond acceptors (Lipinski definition) is 2. The van der Waals surface area contributed by atoms with Crippen LogP contribution >= 0.6 is 0 Å². The summed E-state index contributed by atoms with van der Waals surface area (Å²) < 4.78 is 11.6. The van der Waals surface area contributed by atoms with Gasteiger partial charge in [0.15, 0.2) is 0 Å². The lowest BCUT2D eigenvalue weighted by molar-refractivity contribution is -0.0674. The highest BCUT2D eigenvalue weighted by molar-refractivity contribution is 5.19. The van der Waals surface area contributed by atoms with Crippen LogP contribution in [0, 0.1) is 0 Å². The van der Waals surface area contributed by atoms with Gasteiger partial charge in [0.1, 0.15) is 0 Å². The van der Waals surface area contributed by atoms with Crippen LogP contribution in [0.3, 0.4) is 0 Å². The largest absolute Gasteiger partial charge is 0.371 e. The van der Waals surface area contributed by atoms with E-state index in [1.807, 2.05) is 24.3 Å². The number of hydrogen-bond donors (Lipinski definition) is 0. The zero-order valence-corrected chi connectivity index (χ0v) is 10.8. The van der Waals surface area contributed by atoms with Crippen molar-refractivity contribution in [1.29, 1.82) is 0 Å². The molecule has 1 aromatic rings. The molecule has 1 aliphatic rings. The molecule has 0 bridgehead atoms. The highest BCUT2D eigenvalue weighted by Crippen LogP contribution is 2.18. The van der Waals surface area contributed by atoms with Gasteiger partial charge in [-0.05, 0) is 24.5 Å². The molecule has 0 saturated carbocycles. The van der Waals surface area contributed by atoms with Crippen LogP contribution in [0.1, 0.15) is 18.9 Å². The first-order chi connectivity index (χ1) is 8.79. The third kappa shape index (κ3) is 3.56. The molecule has 2 rings (SSSR count). The van der Waals surface area contributed by atoms with Crippen molar-refractivity contribution in [3.63, 3.8) is 0 Å². The molecule has 18 heavy (non-hydrogen) atoms. The lowest BCUT2D eigenvalue weighted by atomic mass is 10.1. The lowest BCUT2D eigenvalue weighted by Crippen LogP contribution is -2.31. The maximum absolute atomic E-state index is 5.86. The predicted molar refractivity (Wildman–Crippen MR) is 73.3 cm³/mol. The predicted octanol–water partition coefficient (Wildman–Crippen LogP) is 3.49. The molecular weight excluding hydrogens is 224 g/mol. The molecule has 1 heterocycles. The molecule has 1 aromatic carbocycles. The highest BCUT2D eigenvalue weighted by Gasteiger charge is 2.20. The summed E-state index contributed by atoms with van der Waals surface area (Å²) in [4.78, 5) is 0. The highest BCUT2D eigenvalue weighted by atomic mass is 16.5. The van der Waals surface area contributed by atoms with Crippen molar-refractivity contribution in [2.45, 2.75) is 32.2 Å². The fourth-order valence-electron chi connectivity index (χ4n) is 1.98. The van der Waals surface area contributed by atoms with Crippen molar-refractivity contribution < 1.29 is 9.47 Å².